The van der Waals surface area contributed by atoms with Gasteiger partial charge in [0.15, 0.2) is 0 Å². The highest BCUT2D eigenvalue weighted by Crippen LogP contribution is 2.68. The summed E-state index contributed by atoms with van der Waals surface area (Å²) in [5, 5.41) is 8.73. The number of amides is 1. The van der Waals surface area contributed by atoms with E-state index >= 15 is 0 Å². The summed E-state index contributed by atoms with van der Waals surface area (Å²) in [6, 6.07) is 6.31. The predicted molar refractivity (Wildman–Crippen MR) is 108 cm³/mol. The first-order valence-corrected chi connectivity index (χ1v) is 11.0. The lowest BCUT2D eigenvalue weighted by Crippen LogP contribution is -2.53. The summed E-state index contributed by atoms with van der Waals surface area (Å²) in [6.45, 7) is 4.32. The van der Waals surface area contributed by atoms with Crippen molar-refractivity contribution in [3.63, 3.8) is 0 Å². The van der Waals surface area contributed by atoms with Crippen molar-refractivity contribution in [3.8, 4) is 11.3 Å². The number of hydrogen-bond donors (Lipinski definition) is 0. The minimum absolute atomic E-state index is 0.140. The van der Waals surface area contributed by atoms with Crippen LogP contribution in [0.1, 0.15) is 69.5 Å². The van der Waals surface area contributed by atoms with Crippen LogP contribution in [0, 0.1) is 17.0 Å². The fourth-order valence-electron chi connectivity index (χ4n) is 7.13. The Hall–Kier alpha value is -2.37. The average Bonchev–Trinajstić information content (AvgIpc) is 3.43. The number of halogens is 2. The first-order chi connectivity index (χ1) is 14.4. The quantitative estimate of drug-likeness (QED) is 0.720. The molecule has 4 bridgehead atoms. The number of nitrogens with zero attached hydrogens (tertiary/aromatic N) is 3. The van der Waals surface area contributed by atoms with Gasteiger partial charge in [-0.2, -0.15) is 5.10 Å². The molecule has 30 heavy (non-hydrogen) atoms. The second-order valence-electron chi connectivity index (χ2n) is 10.0. The van der Waals surface area contributed by atoms with Gasteiger partial charge < -0.3 is 4.90 Å². The normalized spacial score (nSPS) is 32.7. The van der Waals surface area contributed by atoms with Crippen molar-refractivity contribution in [3.05, 3.63) is 47.2 Å². The second kappa shape index (κ2) is 5.86. The molecule has 4 aliphatic rings. The van der Waals surface area contributed by atoms with E-state index in [-0.39, 0.29) is 28.5 Å². The lowest BCUT2D eigenvalue weighted by molar-refractivity contribution is -0.142. The standard InChI is InChI=1S/C24H25F2N3O/c1-23(2)16-10-11-24(23,22(30)29-13-6-7-14(29)9-8-13)21-15(16)12-19(27-28-21)20-17(25)4-3-5-18(20)26/h3-5,12-14,16H,6-11H2,1-2H3/t13?,14?,16-,24+/m1/s1. The summed E-state index contributed by atoms with van der Waals surface area (Å²) < 4.78 is 28.7. The van der Waals surface area contributed by atoms with Crippen molar-refractivity contribution < 1.29 is 13.6 Å². The molecular formula is C24H25F2N3O. The molecule has 1 saturated carbocycles. The number of carbonyl (C=O) groups excluding carboxylic acids is 1. The molecule has 2 aliphatic carbocycles. The molecule has 1 aromatic carbocycles. The van der Waals surface area contributed by atoms with E-state index in [1.54, 1.807) is 6.07 Å². The van der Waals surface area contributed by atoms with Crippen LogP contribution in [0.5, 0.6) is 0 Å². The van der Waals surface area contributed by atoms with E-state index in [4.69, 9.17) is 0 Å². The molecule has 2 saturated heterocycles. The van der Waals surface area contributed by atoms with Gasteiger partial charge in [-0.25, -0.2) is 8.78 Å². The van der Waals surface area contributed by atoms with Gasteiger partial charge in [0.1, 0.15) is 11.6 Å². The van der Waals surface area contributed by atoms with Gasteiger partial charge in [-0.15, -0.1) is 5.10 Å². The molecule has 6 rings (SSSR count). The maximum absolute atomic E-state index is 14.4. The molecule has 0 unspecified atom stereocenters. The van der Waals surface area contributed by atoms with Gasteiger partial charge in [-0.05, 0) is 73.6 Å². The number of fused-ring (bicyclic) bond motifs is 7. The fourth-order valence-corrected chi connectivity index (χ4v) is 7.13. The molecule has 3 fully saturated rings. The highest BCUT2D eigenvalue weighted by molar-refractivity contribution is 5.92. The maximum Gasteiger partial charge on any atom is 0.235 e. The van der Waals surface area contributed by atoms with Gasteiger partial charge >= 0.3 is 0 Å². The third kappa shape index (κ3) is 2.02. The summed E-state index contributed by atoms with van der Waals surface area (Å²) in [7, 11) is 0. The van der Waals surface area contributed by atoms with E-state index in [1.165, 1.54) is 18.2 Å². The van der Waals surface area contributed by atoms with Gasteiger partial charge in [0.05, 0.1) is 22.4 Å². The molecule has 0 radical (unpaired) electrons. The molecule has 156 valence electrons. The van der Waals surface area contributed by atoms with Gasteiger partial charge in [0.2, 0.25) is 5.91 Å². The van der Waals surface area contributed by atoms with E-state index in [2.05, 4.69) is 28.9 Å². The molecule has 4 nitrogen and oxygen atoms in total. The van der Waals surface area contributed by atoms with Crippen molar-refractivity contribution >= 4 is 5.91 Å². The van der Waals surface area contributed by atoms with Gasteiger partial charge in [-0.1, -0.05) is 19.9 Å². The van der Waals surface area contributed by atoms with Crippen LogP contribution in [0.25, 0.3) is 11.3 Å². The van der Waals surface area contributed by atoms with Crippen molar-refractivity contribution in [2.45, 2.75) is 75.8 Å². The zero-order chi connectivity index (χ0) is 20.8. The minimum Gasteiger partial charge on any atom is -0.336 e. The Balaban J connectivity index is 1.49. The smallest absolute Gasteiger partial charge is 0.235 e. The SMILES string of the molecule is CC1(C)[C@@H]2CC[C@@]1(C(=O)N1C3CCC1CC3)c1nnc(-c3c(F)cccc3F)cc12. The molecule has 0 N–H and O–H groups in total. The fraction of sp³-hybridized carbons (Fsp3) is 0.542. The van der Waals surface area contributed by atoms with Crippen molar-refractivity contribution in [1.29, 1.82) is 0 Å². The molecular weight excluding hydrogens is 384 g/mol. The Morgan fingerprint density at radius 2 is 1.67 bits per heavy atom. The molecule has 1 amide bonds. The van der Waals surface area contributed by atoms with Crippen LogP contribution >= 0.6 is 0 Å². The van der Waals surface area contributed by atoms with Crippen LogP contribution in [0.2, 0.25) is 0 Å². The largest absolute Gasteiger partial charge is 0.336 e. The van der Waals surface area contributed by atoms with Gasteiger partial charge in [0.25, 0.3) is 0 Å². The predicted octanol–water partition coefficient (Wildman–Crippen LogP) is 4.73. The number of hydrogen-bond acceptors (Lipinski definition) is 3. The molecule has 2 atom stereocenters. The third-order valence-corrected chi connectivity index (χ3v) is 8.65. The van der Waals surface area contributed by atoms with E-state index in [1.807, 2.05) is 0 Å². The Morgan fingerprint density at radius 3 is 2.30 bits per heavy atom. The summed E-state index contributed by atoms with van der Waals surface area (Å²) in [6.07, 6.45) is 6.05. The maximum atomic E-state index is 14.4. The van der Waals surface area contributed by atoms with Crippen LogP contribution in [-0.4, -0.2) is 33.1 Å². The zero-order valence-corrected chi connectivity index (χ0v) is 17.3. The van der Waals surface area contributed by atoms with Crippen LogP contribution in [-0.2, 0) is 10.2 Å². The minimum atomic E-state index is -0.683. The van der Waals surface area contributed by atoms with Crippen LogP contribution in [0.4, 0.5) is 8.78 Å². The van der Waals surface area contributed by atoms with Crippen LogP contribution < -0.4 is 0 Å². The molecule has 1 aromatic heterocycles. The van der Waals surface area contributed by atoms with E-state index in [0.29, 0.717) is 12.1 Å². The Bertz CT molecular complexity index is 1040. The highest BCUT2D eigenvalue weighted by Gasteiger charge is 2.69. The molecule has 3 heterocycles. The third-order valence-electron chi connectivity index (χ3n) is 8.65. The Kier molecular flexibility index (Phi) is 3.60. The molecule has 6 heteroatoms. The van der Waals surface area contributed by atoms with E-state index in [9.17, 15) is 13.6 Å². The molecule has 2 aliphatic heterocycles. The number of benzene rings is 1. The number of aromatic nitrogens is 2. The summed E-state index contributed by atoms with van der Waals surface area (Å²) in [5.41, 5.74) is 0.759. The van der Waals surface area contributed by atoms with Crippen LogP contribution in [0.3, 0.4) is 0 Å². The summed E-state index contributed by atoms with van der Waals surface area (Å²) in [5.74, 6) is -0.948. The molecule has 2 aromatic rings. The van der Waals surface area contributed by atoms with Gasteiger partial charge in [0, 0.05) is 12.1 Å². The number of rotatable bonds is 2. The first kappa shape index (κ1) is 18.4. The van der Waals surface area contributed by atoms with Gasteiger partial charge in [-0.3, -0.25) is 4.79 Å². The lowest BCUT2D eigenvalue weighted by atomic mass is 9.67. The average molecular weight is 409 g/mol. The molecule has 0 spiro atoms. The number of carbonyl (C=O) groups is 1. The van der Waals surface area contributed by atoms with E-state index < -0.39 is 17.0 Å². The van der Waals surface area contributed by atoms with E-state index in [0.717, 1.165) is 49.8 Å². The second-order valence-corrected chi connectivity index (χ2v) is 10.0. The zero-order valence-electron chi connectivity index (χ0n) is 17.3. The Labute approximate surface area is 174 Å². The highest BCUT2D eigenvalue weighted by atomic mass is 19.1. The lowest BCUT2D eigenvalue weighted by Gasteiger charge is -2.40. The van der Waals surface area contributed by atoms with Crippen LogP contribution in [0.15, 0.2) is 24.3 Å². The first-order valence-electron chi connectivity index (χ1n) is 11.0. The topological polar surface area (TPSA) is 46.1 Å². The summed E-state index contributed by atoms with van der Waals surface area (Å²) >= 11 is 0. The van der Waals surface area contributed by atoms with Crippen molar-refractivity contribution in [2.24, 2.45) is 5.41 Å². The van der Waals surface area contributed by atoms with Crippen molar-refractivity contribution in [2.75, 3.05) is 0 Å². The Morgan fingerprint density at radius 1 is 1.03 bits per heavy atom. The monoisotopic (exact) mass is 409 g/mol. The summed E-state index contributed by atoms with van der Waals surface area (Å²) in [4.78, 5) is 16.2. The van der Waals surface area contributed by atoms with Crippen molar-refractivity contribution in [1.82, 2.24) is 15.1 Å².